The Bertz CT molecular complexity index is 538. The van der Waals surface area contributed by atoms with Gasteiger partial charge in [-0.1, -0.05) is 17.8 Å². The molecule has 0 fully saturated rings. The lowest BCUT2D eigenvalue weighted by molar-refractivity contribution is 0.405. The molecule has 2 aromatic rings. The molecule has 18 heavy (non-hydrogen) atoms. The van der Waals surface area contributed by atoms with Crippen LogP contribution in [0.5, 0.6) is 5.75 Å². The molecule has 1 aromatic heterocycles. The molecule has 2 rings (SSSR count). The fraction of sp³-hybridized carbons (Fsp3) is 0.308. The molecule has 3 nitrogen and oxygen atoms in total. The highest BCUT2D eigenvalue weighted by atomic mass is 32.2. The summed E-state index contributed by atoms with van der Waals surface area (Å²) in [7, 11) is 1.67. The Labute approximate surface area is 115 Å². The van der Waals surface area contributed by atoms with E-state index >= 15 is 0 Å². The molecule has 0 unspecified atom stereocenters. The molecule has 0 saturated carbocycles. The number of nitrogens with two attached hydrogens (primary N) is 1. The maximum absolute atomic E-state index is 6.04. The highest BCUT2D eigenvalue weighted by molar-refractivity contribution is 8.01. The van der Waals surface area contributed by atoms with Crippen molar-refractivity contribution in [1.82, 2.24) is 4.98 Å². The zero-order valence-corrected chi connectivity index (χ0v) is 12.3. The normalized spacial score (nSPS) is 12.4. The molecule has 0 aliphatic rings. The van der Waals surface area contributed by atoms with E-state index in [9.17, 15) is 0 Å². The molecule has 1 aromatic carbocycles. The number of rotatable bonds is 4. The average molecular weight is 280 g/mol. The van der Waals surface area contributed by atoms with Gasteiger partial charge in [-0.05, 0) is 26.0 Å². The van der Waals surface area contributed by atoms with Crippen molar-refractivity contribution in [3.8, 4) is 5.75 Å². The molecule has 0 spiro atoms. The second kappa shape index (κ2) is 5.73. The Hall–Kier alpha value is -1.04. The van der Waals surface area contributed by atoms with Crippen LogP contribution in [0.2, 0.25) is 0 Å². The number of hydrogen-bond acceptors (Lipinski definition) is 5. The fourth-order valence-electron chi connectivity index (χ4n) is 1.71. The minimum atomic E-state index is -0.0651. The van der Waals surface area contributed by atoms with E-state index in [1.165, 1.54) is 0 Å². The van der Waals surface area contributed by atoms with Crippen LogP contribution in [0, 0.1) is 6.92 Å². The first-order valence-corrected chi connectivity index (χ1v) is 7.34. The number of methoxy groups -OCH3 is 1. The number of nitrogens with zero attached hydrogens (tertiary/aromatic N) is 1. The van der Waals surface area contributed by atoms with Crippen molar-refractivity contribution in [2.24, 2.45) is 5.73 Å². The van der Waals surface area contributed by atoms with Gasteiger partial charge in [0.1, 0.15) is 5.75 Å². The van der Waals surface area contributed by atoms with Crippen molar-refractivity contribution < 1.29 is 4.74 Å². The van der Waals surface area contributed by atoms with Gasteiger partial charge >= 0.3 is 0 Å². The van der Waals surface area contributed by atoms with E-state index in [0.29, 0.717) is 0 Å². The molecule has 0 aliphatic carbocycles. The number of thiazole rings is 1. The van der Waals surface area contributed by atoms with E-state index in [2.05, 4.69) is 11.1 Å². The number of aromatic nitrogens is 1. The second-order valence-electron chi connectivity index (χ2n) is 4.02. The van der Waals surface area contributed by atoms with Crippen LogP contribution in [0.4, 0.5) is 0 Å². The second-order valence-corrected chi connectivity index (χ2v) is 6.16. The molecule has 0 aliphatic heterocycles. The van der Waals surface area contributed by atoms with E-state index in [-0.39, 0.29) is 6.04 Å². The monoisotopic (exact) mass is 280 g/mol. The molecule has 0 amide bonds. The maximum Gasteiger partial charge on any atom is 0.154 e. The third kappa shape index (κ3) is 2.85. The van der Waals surface area contributed by atoms with Crippen molar-refractivity contribution in [3.63, 3.8) is 0 Å². The quantitative estimate of drug-likeness (QED) is 0.929. The first-order chi connectivity index (χ1) is 8.61. The average Bonchev–Trinajstić information content (AvgIpc) is 2.74. The van der Waals surface area contributed by atoms with Crippen molar-refractivity contribution in [1.29, 1.82) is 0 Å². The molecule has 2 N–H and O–H groups in total. The summed E-state index contributed by atoms with van der Waals surface area (Å²) >= 11 is 3.29. The molecule has 0 radical (unpaired) electrons. The van der Waals surface area contributed by atoms with Gasteiger partial charge in [-0.25, -0.2) is 4.98 Å². The predicted molar refractivity (Wildman–Crippen MR) is 76.6 cm³/mol. The van der Waals surface area contributed by atoms with Gasteiger partial charge < -0.3 is 10.5 Å². The smallest absolute Gasteiger partial charge is 0.154 e. The zero-order valence-electron chi connectivity index (χ0n) is 10.6. The number of ether oxygens (including phenoxy) is 1. The summed E-state index contributed by atoms with van der Waals surface area (Å²) in [4.78, 5) is 5.57. The Morgan fingerprint density at radius 1 is 1.44 bits per heavy atom. The summed E-state index contributed by atoms with van der Waals surface area (Å²) in [5.41, 5.74) is 8.13. The summed E-state index contributed by atoms with van der Waals surface area (Å²) in [5, 5.41) is 2.05. The van der Waals surface area contributed by atoms with Gasteiger partial charge in [-0.2, -0.15) is 0 Å². The van der Waals surface area contributed by atoms with Gasteiger partial charge in [0.2, 0.25) is 0 Å². The first-order valence-electron chi connectivity index (χ1n) is 5.64. The molecule has 0 bridgehead atoms. The van der Waals surface area contributed by atoms with Crippen LogP contribution in [0.15, 0.2) is 32.8 Å². The van der Waals surface area contributed by atoms with Crippen molar-refractivity contribution in [3.05, 3.63) is 34.8 Å². The minimum absolute atomic E-state index is 0.0651. The Morgan fingerprint density at radius 3 is 2.78 bits per heavy atom. The van der Waals surface area contributed by atoms with E-state index in [0.717, 1.165) is 26.2 Å². The first kappa shape index (κ1) is 13.4. The summed E-state index contributed by atoms with van der Waals surface area (Å²) in [6.45, 7) is 3.97. The summed E-state index contributed by atoms with van der Waals surface area (Å²) in [5.74, 6) is 0.836. The lowest BCUT2D eigenvalue weighted by Gasteiger charge is -2.15. The number of aryl methyl sites for hydroxylation is 1. The van der Waals surface area contributed by atoms with Gasteiger partial charge in [0.25, 0.3) is 0 Å². The van der Waals surface area contributed by atoms with Crippen LogP contribution >= 0.6 is 23.1 Å². The van der Waals surface area contributed by atoms with Crippen LogP contribution < -0.4 is 10.5 Å². The third-order valence-electron chi connectivity index (χ3n) is 2.50. The molecule has 1 atom stereocenters. The van der Waals surface area contributed by atoms with E-state index in [4.69, 9.17) is 10.5 Å². The highest BCUT2D eigenvalue weighted by Gasteiger charge is 2.15. The molecular formula is C13H16N2OS2. The third-order valence-corrected chi connectivity index (χ3v) is 4.63. The predicted octanol–water partition coefficient (Wildman–Crippen LogP) is 3.63. The van der Waals surface area contributed by atoms with Crippen LogP contribution in [-0.4, -0.2) is 12.1 Å². The van der Waals surface area contributed by atoms with Crippen molar-refractivity contribution >= 4 is 23.1 Å². The lowest BCUT2D eigenvalue weighted by Crippen LogP contribution is -2.08. The number of hydrogen-bond donors (Lipinski definition) is 1. The highest BCUT2D eigenvalue weighted by Crippen LogP contribution is 2.38. The molecule has 0 saturated heterocycles. The topological polar surface area (TPSA) is 48.1 Å². The maximum atomic E-state index is 6.04. The number of benzene rings is 1. The minimum Gasteiger partial charge on any atom is -0.496 e. The summed E-state index contributed by atoms with van der Waals surface area (Å²) in [6, 6.07) is 5.91. The van der Waals surface area contributed by atoms with Crippen molar-refractivity contribution in [2.45, 2.75) is 29.1 Å². The fourth-order valence-corrected chi connectivity index (χ4v) is 3.76. The Morgan fingerprint density at radius 2 is 2.22 bits per heavy atom. The van der Waals surface area contributed by atoms with Gasteiger partial charge in [-0.15, -0.1) is 11.3 Å². The van der Waals surface area contributed by atoms with Crippen LogP contribution in [0.1, 0.15) is 24.2 Å². The van der Waals surface area contributed by atoms with E-state index in [1.54, 1.807) is 30.2 Å². The van der Waals surface area contributed by atoms with Gasteiger partial charge in [0, 0.05) is 27.6 Å². The van der Waals surface area contributed by atoms with Gasteiger partial charge in [0.05, 0.1) is 7.11 Å². The zero-order chi connectivity index (χ0) is 13.1. The van der Waals surface area contributed by atoms with Crippen LogP contribution in [0.3, 0.4) is 0 Å². The Balaban J connectivity index is 2.37. The van der Waals surface area contributed by atoms with Gasteiger partial charge in [0.15, 0.2) is 4.34 Å². The van der Waals surface area contributed by atoms with E-state index < -0.39 is 0 Å². The lowest BCUT2D eigenvalue weighted by atomic mass is 10.1. The molecule has 96 valence electrons. The van der Waals surface area contributed by atoms with Crippen LogP contribution in [0.25, 0.3) is 0 Å². The molecular weight excluding hydrogens is 264 g/mol. The van der Waals surface area contributed by atoms with Crippen molar-refractivity contribution in [2.75, 3.05) is 7.11 Å². The summed E-state index contributed by atoms with van der Waals surface area (Å²) < 4.78 is 6.41. The van der Waals surface area contributed by atoms with E-state index in [1.807, 2.05) is 31.4 Å². The molecule has 1 heterocycles. The Kier molecular flexibility index (Phi) is 4.27. The summed E-state index contributed by atoms with van der Waals surface area (Å²) in [6.07, 6.45) is 0. The van der Waals surface area contributed by atoms with Crippen LogP contribution in [-0.2, 0) is 0 Å². The standard InChI is InChI=1S/C13H16N2OS2/c1-8-7-17-13(15-8)18-11-6-4-5-10(16-3)12(11)9(2)14/h4-7,9H,14H2,1-3H3/t9-/m0/s1. The largest absolute Gasteiger partial charge is 0.496 e. The van der Waals surface area contributed by atoms with Gasteiger partial charge in [-0.3, -0.25) is 0 Å². The molecule has 5 heteroatoms. The SMILES string of the molecule is COc1cccc(Sc2nc(C)cs2)c1[C@H](C)N.